The molecule has 7 heteroatoms. The van der Waals surface area contributed by atoms with Gasteiger partial charge in [0.05, 0.1) is 22.7 Å². The van der Waals surface area contributed by atoms with Gasteiger partial charge in [0.15, 0.2) is 0 Å². The van der Waals surface area contributed by atoms with E-state index in [1.807, 2.05) is 25.1 Å². The van der Waals surface area contributed by atoms with Gasteiger partial charge in [0, 0.05) is 28.7 Å². The summed E-state index contributed by atoms with van der Waals surface area (Å²) in [4.78, 5) is 4.10. The number of rotatable bonds is 4. The molecule has 0 radical (unpaired) electrons. The molecule has 3 atom stereocenters. The number of aliphatic hydroxyl groups is 1. The van der Waals surface area contributed by atoms with Crippen LogP contribution in [-0.4, -0.2) is 21.8 Å². The summed E-state index contributed by atoms with van der Waals surface area (Å²) in [6, 6.07) is 14.7. The van der Waals surface area contributed by atoms with Crippen LogP contribution in [0.4, 0.5) is 10.1 Å². The second kappa shape index (κ2) is 8.11. The highest BCUT2D eigenvalue weighted by Gasteiger charge is 2.43. The smallest absolute Gasteiger partial charge is 0.128 e. The van der Waals surface area contributed by atoms with Crippen LogP contribution in [0.2, 0.25) is 10.0 Å². The zero-order chi connectivity index (χ0) is 20.5. The lowest BCUT2D eigenvalue weighted by molar-refractivity contribution is 0.141. The van der Waals surface area contributed by atoms with Crippen molar-refractivity contribution in [2.24, 2.45) is 5.10 Å². The van der Waals surface area contributed by atoms with Crippen molar-refractivity contribution in [2.75, 3.05) is 5.01 Å². The van der Waals surface area contributed by atoms with Gasteiger partial charge >= 0.3 is 0 Å². The number of aromatic nitrogens is 1. The second-order valence-corrected chi connectivity index (χ2v) is 7.75. The Kier molecular flexibility index (Phi) is 5.54. The molecule has 3 aromatic rings. The van der Waals surface area contributed by atoms with Crippen LogP contribution < -0.4 is 5.01 Å². The highest BCUT2D eigenvalue weighted by Crippen LogP contribution is 2.43. The molecular formula is C22H18Cl2FN3O. The fraction of sp³-hybridized carbons (Fsp3) is 0.182. The minimum absolute atomic E-state index is 0.311. The third-order valence-corrected chi connectivity index (χ3v) is 5.64. The Morgan fingerprint density at radius 3 is 2.59 bits per heavy atom. The van der Waals surface area contributed by atoms with E-state index in [2.05, 4.69) is 10.1 Å². The summed E-state index contributed by atoms with van der Waals surface area (Å²) in [6.07, 6.45) is 2.24. The minimum atomic E-state index is -0.985. The van der Waals surface area contributed by atoms with Gasteiger partial charge in [0.25, 0.3) is 0 Å². The number of hydrazone groups is 1. The van der Waals surface area contributed by atoms with Crippen LogP contribution in [0, 0.1) is 5.82 Å². The molecule has 1 N–H and O–H groups in total. The van der Waals surface area contributed by atoms with E-state index in [-0.39, 0.29) is 0 Å². The maximum absolute atomic E-state index is 14.8. The Morgan fingerprint density at radius 2 is 1.90 bits per heavy atom. The number of nitrogens with zero attached hydrogens (tertiary/aromatic N) is 3. The van der Waals surface area contributed by atoms with E-state index in [9.17, 15) is 9.50 Å². The van der Waals surface area contributed by atoms with Crippen LogP contribution in [0.3, 0.4) is 0 Å². The number of hydrogen-bond acceptors (Lipinski definition) is 4. The highest BCUT2D eigenvalue weighted by atomic mass is 35.5. The molecule has 0 fully saturated rings. The number of hydrogen-bond donors (Lipinski definition) is 1. The molecule has 1 aromatic heterocycles. The van der Waals surface area contributed by atoms with Crippen molar-refractivity contribution >= 4 is 34.6 Å². The molecule has 0 aliphatic carbocycles. The summed E-state index contributed by atoms with van der Waals surface area (Å²) in [7, 11) is 0. The molecule has 1 aliphatic rings. The van der Waals surface area contributed by atoms with Crippen LogP contribution in [0.1, 0.15) is 30.1 Å². The number of pyridine rings is 1. The molecule has 0 amide bonds. The van der Waals surface area contributed by atoms with E-state index in [4.69, 9.17) is 23.2 Å². The lowest BCUT2D eigenvalue weighted by Crippen LogP contribution is -2.38. The van der Waals surface area contributed by atoms with Gasteiger partial charge in [-0.15, -0.1) is 0 Å². The summed E-state index contributed by atoms with van der Waals surface area (Å²) in [5.74, 6) is -0.944. The number of anilines is 1. The molecule has 148 valence electrons. The summed E-state index contributed by atoms with van der Waals surface area (Å²) >= 11 is 12.4. The van der Waals surface area contributed by atoms with Crippen LogP contribution in [-0.2, 0) is 0 Å². The van der Waals surface area contributed by atoms with Crippen molar-refractivity contribution < 1.29 is 9.50 Å². The van der Waals surface area contributed by atoms with Gasteiger partial charge in [-0.1, -0.05) is 47.5 Å². The maximum atomic E-state index is 14.8. The number of benzene rings is 2. The van der Waals surface area contributed by atoms with Gasteiger partial charge in [0.2, 0.25) is 0 Å². The predicted octanol–water partition coefficient (Wildman–Crippen LogP) is 5.61. The standard InChI is InChI=1S/C22H18Cl2FN3O/c1-13-20(16-9-8-15(23)11-18(16)25)21(22(29)14-5-4-10-26-12-14)28(27-13)19-7-3-2-6-17(19)24/h2-12,20-22,29H,1H3. The van der Waals surface area contributed by atoms with Gasteiger partial charge in [0.1, 0.15) is 11.9 Å². The lowest BCUT2D eigenvalue weighted by atomic mass is 9.83. The predicted molar refractivity (Wildman–Crippen MR) is 114 cm³/mol. The van der Waals surface area contributed by atoms with Crippen molar-refractivity contribution in [1.82, 2.24) is 4.98 Å². The maximum Gasteiger partial charge on any atom is 0.128 e. The highest BCUT2D eigenvalue weighted by molar-refractivity contribution is 6.33. The van der Waals surface area contributed by atoms with Crippen LogP contribution in [0.25, 0.3) is 0 Å². The number of halogens is 3. The average molecular weight is 430 g/mol. The van der Waals surface area contributed by atoms with Crippen molar-refractivity contribution in [3.05, 3.63) is 94.0 Å². The molecular weight excluding hydrogens is 412 g/mol. The minimum Gasteiger partial charge on any atom is -0.386 e. The molecule has 4 nitrogen and oxygen atoms in total. The Hall–Kier alpha value is -2.47. The molecule has 0 saturated heterocycles. The second-order valence-electron chi connectivity index (χ2n) is 6.90. The fourth-order valence-corrected chi connectivity index (χ4v) is 4.15. The van der Waals surface area contributed by atoms with E-state index in [1.54, 1.807) is 47.7 Å². The molecule has 1 aliphatic heterocycles. The summed E-state index contributed by atoms with van der Waals surface area (Å²) in [6.45, 7) is 1.82. The van der Waals surface area contributed by atoms with E-state index in [0.717, 1.165) is 0 Å². The lowest BCUT2D eigenvalue weighted by Gasteiger charge is -2.32. The molecule has 4 rings (SSSR count). The van der Waals surface area contributed by atoms with Gasteiger partial charge in [-0.3, -0.25) is 9.99 Å². The summed E-state index contributed by atoms with van der Waals surface area (Å²) in [5.41, 5.74) is 2.33. The molecule has 0 saturated carbocycles. The molecule has 0 spiro atoms. The zero-order valence-electron chi connectivity index (χ0n) is 15.5. The first-order valence-electron chi connectivity index (χ1n) is 9.09. The van der Waals surface area contributed by atoms with Gasteiger partial charge in [-0.2, -0.15) is 5.10 Å². The van der Waals surface area contributed by atoms with E-state index in [0.29, 0.717) is 32.6 Å². The molecule has 2 heterocycles. The van der Waals surface area contributed by atoms with Crippen molar-refractivity contribution in [2.45, 2.75) is 25.0 Å². The Morgan fingerprint density at radius 1 is 1.10 bits per heavy atom. The van der Waals surface area contributed by atoms with E-state index in [1.165, 1.54) is 6.07 Å². The topological polar surface area (TPSA) is 48.7 Å². The van der Waals surface area contributed by atoms with Crippen molar-refractivity contribution in [3.8, 4) is 0 Å². The SMILES string of the molecule is CC1=NN(c2ccccc2Cl)C(C(O)c2cccnc2)C1c1ccc(Cl)cc1F. The molecule has 2 aromatic carbocycles. The van der Waals surface area contributed by atoms with E-state index >= 15 is 0 Å². The normalized spacial score (nSPS) is 19.9. The van der Waals surface area contributed by atoms with Crippen LogP contribution in [0.5, 0.6) is 0 Å². The van der Waals surface area contributed by atoms with Crippen LogP contribution >= 0.6 is 23.2 Å². The van der Waals surface area contributed by atoms with Crippen molar-refractivity contribution in [1.29, 1.82) is 0 Å². The summed E-state index contributed by atoms with van der Waals surface area (Å²) < 4.78 is 14.8. The van der Waals surface area contributed by atoms with Crippen molar-refractivity contribution in [3.63, 3.8) is 0 Å². The largest absolute Gasteiger partial charge is 0.386 e. The molecule has 0 bridgehead atoms. The fourth-order valence-electron chi connectivity index (χ4n) is 3.77. The van der Waals surface area contributed by atoms with Gasteiger partial charge in [-0.05, 0) is 42.8 Å². The third kappa shape index (κ3) is 3.73. The van der Waals surface area contributed by atoms with Gasteiger partial charge in [-0.25, -0.2) is 4.39 Å². The Balaban J connectivity index is 1.85. The van der Waals surface area contributed by atoms with Gasteiger partial charge < -0.3 is 5.11 Å². The van der Waals surface area contributed by atoms with Crippen LogP contribution in [0.15, 0.2) is 72.1 Å². The van der Waals surface area contributed by atoms with E-state index < -0.39 is 23.9 Å². The monoisotopic (exact) mass is 429 g/mol. The summed E-state index contributed by atoms with van der Waals surface area (Å²) in [5, 5.41) is 18.4. The Bertz CT molecular complexity index is 1060. The molecule has 29 heavy (non-hydrogen) atoms. The number of aliphatic hydroxyl groups excluding tert-OH is 1. The quantitative estimate of drug-likeness (QED) is 0.586. The first-order valence-corrected chi connectivity index (χ1v) is 9.84. The molecule has 3 unspecified atom stereocenters. The average Bonchev–Trinajstić information content (AvgIpc) is 3.05. The zero-order valence-corrected chi connectivity index (χ0v) is 17.0. The Labute approximate surface area is 178 Å². The number of para-hydroxylation sites is 1. The third-order valence-electron chi connectivity index (χ3n) is 5.09. The first kappa shape index (κ1) is 19.8. The first-order chi connectivity index (χ1) is 14.0.